The van der Waals surface area contributed by atoms with Crippen LogP contribution in [0.1, 0.15) is 42.0 Å². The number of rotatable bonds is 5. The topological polar surface area (TPSA) is 49.5 Å². The standard InChI is InChI=1S/C25H24F6N2O2/c1-4-16-5-7-17(8-6-16)22-32-20(15(3)35-22)13-33-14(2)11-18-12-19(9-10-21(18)33)23(34,24(26,27)28)25(29,30)31/h5-10,12,14,34H,4,11,13H2,1-3H3. The normalized spacial score (nSPS) is 16.6. The number of nitrogens with zero attached hydrogens (tertiary/aromatic N) is 2. The number of alkyl halides is 6. The fraction of sp³-hybridized carbons (Fsp3) is 0.400. The van der Waals surface area contributed by atoms with E-state index in [1.807, 2.05) is 43.0 Å². The Bertz CT molecular complexity index is 1200. The molecule has 1 unspecified atom stereocenters. The Hall–Kier alpha value is -3.01. The molecule has 0 saturated heterocycles. The molecule has 0 aliphatic carbocycles. The number of hydrogen-bond acceptors (Lipinski definition) is 4. The van der Waals surface area contributed by atoms with Gasteiger partial charge >= 0.3 is 12.4 Å². The summed E-state index contributed by atoms with van der Waals surface area (Å²) in [5.74, 6) is 1.00. The van der Waals surface area contributed by atoms with Gasteiger partial charge in [0, 0.05) is 22.9 Å². The van der Waals surface area contributed by atoms with Crippen LogP contribution in [0.25, 0.3) is 11.5 Å². The van der Waals surface area contributed by atoms with Gasteiger partial charge in [-0.05, 0) is 56.0 Å². The van der Waals surface area contributed by atoms with Crippen LogP contribution in [0.5, 0.6) is 0 Å². The molecule has 4 nitrogen and oxygen atoms in total. The highest BCUT2D eigenvalue weighted by atomic mass is 19.4. The molecule has 2 heterocycles. The summed E-state index contributed by atoms with van der Waals surface area (Å²) in [4.78, 5) is 6.44. The van der Waals surface area contributed by atoms with Gasteiger partial charge < -0.3 is 14.4 Å². The van der Waals surface area contributed by atoms with Crippen molar-refractivity contribution < 1.29 is 35.9 Å². The van der Waals surface area contributed by atoms with Crippen LogP contribution in [0, 0.1) is 6.92 Å². The summed E-state index contributed by atoms with van der Waals surface area (Å²) in [7, 11) is 0. The number of hydrogen-bond donors (Lipinski definition) is 1. The average Bonchev–Trinajstić information content (AvgIpc) is 3.30. The molecule has 0 amide bonds. The van der Waals surface area contributed by atoms with Crippen molar-refractivity contribution in [3.8, 4) is 11.5 Å². The van der Waals surface area contributed by atoms with E-state index >= 15 is 0 Å². The highest BCUT2D eigenvalue weighted by molar-refractivity contribution is 5.62. The zero-order chi connectivity index (χ0) is 25.8. The number of fused-ring (bicyclic) bond motifs is 1. The maximum Gasteiger partial charge on any atom is 0.430 e. The Labute approximate surface area is 198 Å². The van der Waals surface area contributed by atoms with E-state index in [0.717, 1.165) is 18.1 Å². The van der Waals surface area contributed by atoms with E-state index < -0.39 is 23.5 Å². The van der Waals surface area contributed by atoms with Crippen LogP contribution >= 0.6 is 0 Å². The molecular formula is C25H24F6N2O2. The molecule has 0 saturated carbocycles. The SMILES string of the molecule is CCc1ccc(-c2nc(CN3c4ccc(C(O)(C(F)(F)F)C(F)(F)F)cc4CC3C)c(C)o2)cc1. The van der Waals surface area contributed by atoms with Crippen molar-refractivity contribution in [1.82, 2.24) is 4.98 Å². The first-order chi connectivity index (χ1) is 16.3. The Morgan fingerprint density at radius 3 is 2.23 bits per heavy atom. The molecule has 35 heavy (non-hydrogen) atoms. The highest BCUT2D eigenvalue weighted by Crippen LogP contribution is 2.51. The minimum Gasteiger partial charge on any atom is -0.441 e. The van der Waals surface area contributed by atoms with Crippen molar-refractivity contribution in [2.24, 2.45) is 0 Å². The minimum absolute atomic E-state index is 0.214. The minimum atomic E-state index is -5.92. The lowest BCUT2D eigenvalue weighted by Gasteiger charge is -2.33. The highest BCUT2D eigenvalue weighted by Gasteiger charge is 2.71. The quantitative estimate of drug-likeness (QED) is 0.410. The molecular weight excluding hydrogens is 474 g/mol. The van der Waals surface area contributed by atoms with Crippen LogP contribution in [-0.4, -0.2) is 28.5 Å². The van der Waals surface area contributed by atoms with E-state index in [-0.39, 0.29) is 19.0 Å². The Kier molecular flexibility index (Phi) is 6.15. The van der Waals surface area contributed by atoms with Gasteiger partial charge in [0.05, 0.1) is 6.54 Å². The first kappa shape index (κ1) is 25.1. The predicted octanol–water partition coefficient (Wildman–Crippen LogP) is 6.48. The summed E-state index contributed by atoms with van der Waals surface area (Å²) in [6, 6.07) is 10.2. The molecule has 3 aromatic rings. The summed E-state index contributed by atoms with van der Waals surface area (Å²) in [5, 5.41) is 9.75. The largest absolute Gasteiger partial charge is 0.441 e. The molecule has 10 heteroatoms. The van der Waals surface area contributed by atoms with Crippen molar-refractivity contribution in [3.05, 3.63) is 70.6 Å². The second kappa shape index (κ2) is 8.58. The van der Waals surface area contributed by atoms with E-state index in [2.05, 4.69) is 4.98 Å². The lowest BCUT2D eigenvalue weighted by molar-refractivity contribution is -0.376. The van der Waals surface area contributed by atoms with Crippen molar-refractivity contribution in [1.29, 1.82) is 0 Å². The van der Waals surface area contributed by atoms with Crippen LogP contribution in [0.2, 0.25) is 0 Å². The van der Waals surface area contributed by atoms with Crippen molar-refractivity contribution in [2.75, 3.05) is 4.90 Å². The second-order valence-corrected chi connectivity index (χ2v) is 8.80. The molecule has 1 atom stereocenters. The third kappa shape index (κ3) is 4.28. The van der Waals surface area contributed by atoms with Gasteiger partial charge in [-0.1, -0.05) is 31.2 Å². The molecule has 0 spiro atoms. The molecule has 1 N–H and O–H groups in total. The number of halogens is 6. The summed E-state index contributed by atoms with van der Waals surface area (Å²) in [6.45, 7) is 5.88. The number of anilines is 1. The van der Waals surface area contributed by atoms with Gasteiger partial charge in [0.2, 0.25) is 5.89 Å². The summed E-state index contributed by atoms with van der Waals surface area (Å²) >= 11 is 0. The zero-order valence-electron chi connectivity index (χ0n) is 19.3. The van der Waals surface area contributed by atoms with Gasteiger partial charge in [0.1, 0.15) is 11.5 Å². The molecule has 1 aromatic heterocycles. The van der Waals surface area contributed by atoms with Crippen LogP contribution in [0.4, 0.5) is 32.0 Å². The molecule has 1 aliphatic rings. The molecule has 2 aromatic carbocycles. The molecule has 1 aliphatic heterocycles. The van der Waals surface area contributed by atoms with E-state index in [4.69, 9.17) is 4.42 Å². The van der Waals surface area contributed by atoms with Gasteiger partial charge in [-0.25, -0.2) is 4.98 Å². The fourth-order valence-electron chi connectivity index (χ4n) is 4.39. The van der Waals surface area contributed by atoms with Crippen molar-refractivity contribution in [3.63, 3.8) is 0 Å². The summed E-state index contributed by atoms with van der Waals surface area (Å²) in [6.07, 6.45) is -10.7. The lowest BCUT2D eigenvalue weighted by Crippen LogP contribution is -2.53. The third-order valence-electron chi connectivity index (χ3n) is 6.50. The van der Waals surface area contributed by atoms with Gasteiger partial charge in [-0.3, -0.25) is 0 Å². The van der Waals surface area contributed by atoms with E-state index in [1.54, 1.807) is 6.92 Å². The van der Waals surface area contributed by atoms with E-state index in [0.29, 0.717) is 34.7 Å². The average molecular weight is 498 g/mol. The van der Waals surface area contributed by atoms with Crippen LogP contribution in [0.3, 0.4) is 0 Å². The smallest absolute Gasteiger partial charge is 0.430 e. The Morgan fingerprint density at radius 2 is 1.66 bits per heavy atom. The number of aryl methyl sites for hydroxylation is 2. The number of aromatic nitrogens is 1. The maximum atomic E-state index is 13.3. The summed E-state index contributed by atoms with van der Waals surface area (Å²) < 4.78 is 85.7. The molecule has 0 bridgehead atoms. The third-order valence-corrected chi connectivity index (χ3v) is 6.50. The van der Waals surface area contributed by atoms with Crippen LogP contribution in [0.15, 0.2) is 46.9 Å². The molecule has 188 valence electrons. The zero-order valence-corrected chi connectivity index (χ0v) is 19.3. The second-order valence-electron chi connectivity index (χ2n) is 8.80. The Balaban J connectivity index is 1.64. The van der Waals surface area contributed by atoms with Crippen LogP contribution < -0.4 is 4.90 Å². The monoisotopic (exact) mass is 498 g/mol. The van der Waals surface area contributed by atoms with E-state index in [1.165, 1.54) is 11.6 Å². The van der Waals surface area contributed by atoms with E-state index in [9.17, 15) is 31.4 Å². The van der Waals surface area contributed by atoms with Crippen molar-refractivity contribution >= 4 is 5.69 Å². The summed E-state index contributed by atoms with van der Waals surface area (Å²) in [5.41, 5.74) is -2.83. The first-order valence-electron chi connectivity index (χ1n) is 11.1. The maximum absolute atomic E-state index is 13.3. The predicted molar refractivity (Wildman–Crippen MR) is 118 cm³/mol. The lowest BCUT2D eigenvalue weighted by atomic mass is 9.90. The number of benzene rings is 2. The molecule has 0 fully saturated rings. The van der Waals surface area contributed by atoms with Gasteiger partial charge in [0.25, 0.3) is 5.60 Å². The first-order valence-corrected chi connectivity index (χ1v) is 11.1. The number of aliphatic hydroxyl groups is 1. The van der Waals surface area contributed by atoms with Crippen LogP contribution in [-0.2, 0) is 25.0 Å². The van der Waals surface area contributed by atoms with Gasteiger partial charge in [-0.2, -0.15) is 26.3 Å². The molecule has 4 rings (SSSR count). The number of oxazole rings is 1. The fourth-order valence-corrected chi connectivity index (χ4v) is 4.39. The van der Waals surface area contributed by atoms with Gasteiger partial charge in [-0.15, -0.1) is 0 Å². The van der Waals surface area contributed by atoms with Gasteiger partial charge in [0.15, 0.2) is 0 Å². The van der Waals surface area contributed by atoms with Crippen molar-refractivity contribution in [2.45, 2.75) is 64.2 Å². The Morgan fingerprint density at radius 1 is 1.03 bits per heavy atom. The molecule has 0 radical (unpaired) electrons.